The molecular weight excluding hydrogens is 320 g/mol. The highest BCUT2D eigenvalue weighted by atomic mass is 32.1. The molecule has 1 aromatic rings. The first-order valence-corrected chi connectivity index (χ1v) is 8.43. The first kappa shape index (κ1) is 15.9. The van der Waals surface area contributed by atoms with Crippen molar-refractivity contribution in [1.29, 1.82) is 0 Å². The molecule has 8 heteroatoms. The Bertz CT molecular complexity index is 603. The van der Waals surface area contributed by atoms with Gasteiger partial charge in [0.2, 0.25) is 5.91 Å². The Morgan fingerprint density at radius 1 is 1.30 bits per heavy atom. The summed E-state index contributed by atoms with van der Waals surface area (Å²) in [5.74, 6) is -1.37. The van der Waals surface area contributed by atoms with Crippen molar-refractivity contribution in [2.75, 3.05) is 26.2 Å². The van der Waals surface area contributed by atoms with Crippen molar-refractivity contribution < 1.29 is 24.2 Å². The van der Waals surface area contributed by atoms with Crippen LogP contribution in [0.5, 0.6) is 0 Å². The first-order valence-electron chi connectivity index (χ1n) is 7.55. The molecule has 0 saturated carbocycles. The van der Waals surface area contributed by atoms with Crippen LogP contribution in [0.25, 0.3) is 0 Å². The van der Waals surface area contributed by atoms with Crippen molar-refractivity contribution >= 4 is 29.1 Å². The van der Waals surface area contributed by atoms with Crippen LogP contribution in [0.3, 0.4) is 0 Å². The highest BCUT2D eigenvalue weighted by Crippen LogP contribution is 2.24. The van der Waals surface area contributed by atoms with Gasteiger partial charge in [-0.1, -0.05) is 6.07 Å². The molecule has 7 nitrogen and oxygen atoms in total. The van der Waals surface area contributed by atoms with Crippen molar-refractivity contribution in [2.45, 2.75) is 25.0 Å². The van der Waals surface area contributed by atoms with E-state index in [0.29, 0.717) is 24.4 Å². The number of carboxylic acid groups (broad SMARTS) is 1. The summed E-state index contributed by atoms with van der Waals surface area (Å²) in [6, 6.07) is 3.06. The Hall–Kier alpha value is -1.93. The van der Waals surface area contributed by atoms with E-state index in [1.807, 2.05) is 11.4 Å². The van der Waals surface area contributed by atoms with Crippen molar-refractivity contribution in [3.05, 3.63) is 22.4 Å². The second-order valence-electron chi connectivity index (χ2n) is 5.62. The Morgan fingerprint density at radius 3 is 2.83 bits per heavy atom. The minimum Gasteiger partial charge on any atom is -0.479 e. The lowest BCUT2D eigenvalue weighted by atomic mass is 10.1. The van der Waals surface area contributed by atoms with Gasteiger partial charge in [0.15, 0.2) is 6.10 Å². The highest BCUT2D eigenvalue weighted by Gasteiger charge is 2.39. The zero-order valence-corrected chi connectivity index (χ0v) is 13.3. The Labute approximate surface area is 137 Å². The van der Waals surface area contributed by atoms with Crippen LogP contribution in [0, 0.1) is 0 Å². The SMILES string of the molecule is O=C(O)C1CN(C(=O)C2CCCN2C(=O)c2cccs2)CCO1. The van der Waals surface area contributed by atoms with Gasteiger partial charge in [-0.2, -0.15) is 0 Å². The minimum atomic E-state index is -1.07. The molecule has 3 rings (SSSR count). The second kappa shape index (κ2) is 6.67. The fourth-order valence-corrected chi connectivity index (χ4v) is 3.70. The monoisotopic (exact) mass is 338 g/mol. The van der Waals surface area contributed by atoms with Crippen LogP contribution >= 0.6 is 11.3 Å². The number of aliphatic carboxylic acids is 1. The molecule has 0 aromatic carbocycles. The van der Waals surface area contributed by atoms with Crippen LogP contribution in [0.2, 0.25) is 0 Å². The molecule has 0 aliphatic carbocycles. The predicted molar refractivity (Wildman–Crippen MR) is 82.3 cm³/mol. The number of carbonyl (C=O) groups excluding carboxylic acids is 2. The van der Waals surface area contributed by atoms with Crippen molar-refractivity contribution in [1.82, 2.24) is 9.80 Å². The van der Waals surface area contributed by atoms with Gasteiger partial charge in [-0.15, -0.1) is 11.3 Å². The van der Waals surface area contributed by atoms with Gasteiger partial charge >= 0.3 is 5.97 Å². The van der Waals surface area contributed by atoms with E-state index in [4.69, 9.17) is 9.84 Å². The van der Waals surface area contributed by atoms with E-state index in [1.165, 1.54) is 16.2 Å². The average molecular weight is 338 g/mol. The Balaban J connectivity index is 1.70. The molecule has 2 aliphatic rings. The fraction of sp³-hybridized carbons (Fsp3) is 0.533. The van der Waals surface area contributed by atoms with Gasteiger partial charge in [0.1, 0.15) is 6.04 Å². The van der Waals surface area contributed by atoms with Crippen LogP contribution in [0.1, 0.15) is 22.5 Å². The second-order valence-corrected chi connectivity index (χ2v) is 6.56. The van der Waals surface area contributed by atoms with E-state index in [9.17, 15) is 14.4 Å². The topological polar surface area (TPSA) is 87.2 Å². The van der Waals surface area contributed by atoms with Crippen LogP contribution in [0.4, 0.5) is 0 Å². The molecule has 23 heavy (non-hydrogen) atoms. The summed E-state index contributed by atoms with van der Waals surface area (Å²) in [6.07, 6.45) is 0.404. The maximum Gasteiger partial charge on any atom is 0.334 e. The molecule has 0 spiro atoms. The normalized spacial score (nSPS) is 24.7. The Morgan fingerprint density at radius 2 is 2.13 bits per heavy atom. The minimum absolute atomic E-state index is 0.0334. The predicted octanol–water partition coefficient (Wildman–Crippen LogP) is 0.665. The summed E-state index contributed by atoms with van der Waals surface area (Å²) in [5.41, 5.74) is 0. The van der Waals surface area contributed by atoms with E-state index in [1.54, 1.807) is 11.0 Å². The standard InChI is InChI=1S/C15H18N2O5S/c18-13(16-6-7-22-11(9-16)15(20)21)10-3-1-5-17(10)14(19)12-4-2-8-23-12/h2,4,8,10-11H,1,3,5-7,9H2,(H,20,21). The number of hydrogen-bond acceptors (Lipinski definition) is 5. The van der Waals surface area contributed by atoms with Crippen LogP contribution in [0.15, 0.2) is 17.5 Å². The third-order valence-electron chi connectivity index (χ3n) is 4.18. The third kappa shape index (κ3) is 3.23. The molecule has 2 amide bonds. The lowest BCUT2D eigenvalue weighted by Gasteiger charge is -2.34. The van der Waals surface area contributed by atoms with Gasteiger partial charge < -0.3 is 19.6 Å². The molecule has 124 valence electrons. The summed E-state index contributed by atoms with van der Waals surface area (Å²) >= 11 is 1.36. The number of carboxylic acids is 1. The highest BCUT2D eigenvalue weighted by molar-refractivity contribution is 7.12. The lowest BCUT2D eigenvalue weighted by Crippen LogP contribution is -2.54. The third-order valence-corrected chi connectivity index (χ3v) is 5.04. The van der Waals surface area contributed by atoms with Gasteiger partial charge in [-0.25, -0.2) is 4.79 Å². The number of likely N-dealkylation sites (tertiary alicyclic amines) is 1. The van der Waals surface area contributed by atoms with E-state index in [-0.39, 0.29) is 25.0 Å². The van der Waals surface area contributed by atoms with E-state index >= 15 is 0 Å². The maximum atomic E-state index is 12.7. The van der Waals surface area contributed by atoms with E-state index in [2.05, 4.69) is 0 Å². The fourth-order valence-electron chi connectivity index (χ4n) is 3.02. The number of amides is 2. The van der Waals surface area contributed by atoms with Gasteiger partial charge in [-0.3, -0.25) is 9.59 Å². The number of morpholine rings is 1. The van der Waals surface area contributed by atoms with Crippen LogP contribution in [-0.2, 0) is 14.3 Å². The van der Waals surface area contributed by atoms with Crippen molar-refractivity contribution in [3.8, 4) is 0 Å². The summed E-state index contributed by atoms with van der Waals surface area (Å²) in [5, 5.41) is 10.9. The zero-order chi connectivity index (χ0) is 16.4. The lowest BCUT2D eigenvalue weighted by molar-refractivity contribution is -0.160. The summed E-state index contributed by atoms with van der Waals surface area (Å²) in [6.45, 7) is 1.15. The molecule has 2 fully saturated rings. The number of ether oxygens (including phenoxy) is 1. The zero-order valence-electron chi connectivity index (χ0n) is 12.5. The molecule has 2 aliphatic heterocycles. The van der Waals surface area contributed by atoms with Crippen molar-refractivity contribution in [3.63, 3.8) is 0 Å². The molecule has 2 atom stereocenters. The molecule has 3 heterocycles. The molecule has 2 unspecified atom stereocenters. The summed E-state index contributed by atoms with van der Waals surface area (Å²) < 4.78 is 5.14. The quantitative estimate of drug-likeness (QED) is 0.875. The van der Waals surface area contributed by atoms with Gasteiger partial charge in [-0.05, 0) is 24.3 Å². The molecular formula is C15H18N2O5S. The Kier molecular flexibility index (Phi) is 4.63. The first-order chi connectivity index (χ1) is 11.1. The van der Waals surface area contributed by atoms with E-state index in [0.717, 1.165) is 6.42 Å². The van der Waals surface area contributed by atoms with Gasteiger partial charge in [0, 0.05) is 13.1 Å². The number of thiophene rings is 1. The number of hydrogen-bond donors (Lipinski definition) is 1. The van der Waals surface area contributed by atoms with Crippen LogP contribution in [-0.4, -0.2) is 71.1 Å². The van der Waals surface area contributed by atoms with Gasteiger partial charge in [0.05, 0.1) is 18.0 Å². The van der Waals surface area contributed by atoms with E-state index < -0.39 is 18.1 Å². The molecule has 1 N–H and O–H groups in total. The molecule has 1 aromatic heterocycles. The van der Waals surface area contributed by atoms with Crippen molar-refractivity contribution in [2.24, 2.45) is 0 Å². The number of rotatable bonds is 3. The number of nitrogens with zero attached hydrogens (tertiary/aromatic N) is 2. The number of carbonyl (C=O) groups is 3. The largest absolute Gasteiger partial charge is 0.479 e. The van der Waals surface area contributed by atoms with Crippen LogP contribution < -0.4 is 0 Å². The molecule has 0 bridgehead atoms. The summed E-state index contributed by atoms with van der Waals surface area (Å²) in [7, 11) is 0. The molecule has 2 saturated heterocycles. The average Bonchev–Trinajstić information content (AvgIpc) is 3.25. The van der Waals surface area contributed by atoms with Gasteiger partial charge in [0.25, 0.3) is 5.91 Å². The summed E-state index contributed by atoms with van der Waals surface area (Å²) in [4.78, 5) is 40.0. The maximum absolute atomic E-state index is 12.7. The molecule has 0 radical (unpaired) electrons. The smallest absolute Gasteiger partial charge is 0.334 e.